The molecule has 3 nitrogen and oxygen atoms in total. The van der Waals surface area contributed by atoms with Gasteiger partial charge in [-0.3, -0.25) is 0 Å². The van der Waals surface area contributed by atoms with Crippen molar-refractivity contribution in [1.29, 1.82) is 0 Å². The van der Waals surface area contributed by atoms with Crippen molar-refractivity contribution in [3.05, 3.63) is 17.8 Å². The third-order valence-corrected chi connectivity index (χ3v) is 4.53. The second-order valence-corrected chi connectivity index (χ2v) is 6.04. The summed E-state index contributed by atoms with van der Waals surface area (Å²) in [5.41, 5.74) is 1.11. The summed E-state index contributed by atoms with van der Waals surface area (Å²) in [4.78, 5) is 4.57. The number of hydrogen-bond donors (Lipinski definition) is 1. The first kappa shape index (κ1) is 13.0. The molecule has 1 unspecified atom stereocenters. The van der Waals surface area contributed by atoms with Crippen LogP contribution in [-0.4, -0.2) is 29.6 Å². The number of nitrogens with one attached hydrogen (secondary N) is 1. The Hall–Kier alpha value is -0.480. The SMILES string of the molecule is CNCCCc1coc(CC2CCCCS2)n1. The Labute approximate surface area is 108 Å². The van der Waals surface area contributed by atoms with E-state index in [1.807, 2.05) is 13.3 Å². The summed E-state index contributed by atoms with van der Waals surface area (Å²) in [5, 5.41) is 3.88. The molecule has 0 aromatic carbocycles. The van der Waals surface area contributed by atoms with Crippen LogP contribution >= 0.6 is 11.8 Å². The molecule has 0 saturated carbocycles. The molecule has 0 radical (unpaired) electrons. The van der Waals surface area contributed by atoms with Crippen molar-refractivity contribution in [3.63, 3.8) is 0 Å². The average molecular weight is 254 g/mol. The molecule has 0 spiro atoms. The smallest absolute Gasteiger partial charge is 0.195 e. The van der Waals surface area contributed by atoms with Crippen molar-refractivity contribution in [2.75, 3.05) is 19.3 Å². The highest BCUT2D eigenvalue weighted by Crippen LogP contribution is 2.27. The maximum atomic E-state index is 5.55. The Balaban J connectivity index is 1.76. The summed E-state index contributed by atoms with van der Waals surface area (Å²) in [6.45, 7) is 1.04. The van der Waals surface area contributed by atoms with Crippen LogP contribution in [0.2, 0.25) is 0 Å². The van der Waals surface area contributed by atoms with Crippen LogP contribution in [0.4, 0.5) is 0 Å². The van der Waals surface area contributed by atoms with Crippen molar-refractivity contribution >= 4 is 11.8 Å². The fourth-order valence-electron chi connectivity index (χ4n) is 2.17. The molecule has 4 heteroatoms. The van der Waals surface area contributed by atoms with E-state index in [0.717, 1.165) is 42.6 Å². The molecular weight excluding hydrogens is 232 g/mol. The second kappa shape index (κ2) is 7.07. The minimum Gasteiger partial charge on any atom is -0.449 e. The van der Waals surface area contributed by atoms with Gasteiger partial charge >= 0.3 is 0 Å². The lowest BCUT2D eigenvalue weighted by Gasteiger charge is -2.19. The first-order valence-electron chi connectivity index (χ1n) is 6.58. The standard InChI is InChI=1S/C13H22N2OS/c1-14-7-4-5-11-10-16-13(15-11)9-12-6-2-3-8-17-12/h10,12,14H,2-9H2,1H3. The molecule has 1 aromatic rings. The summed E-state index contributed by atoms with van der Waals surface area (Å²) in [7, 11) is 1.98. The van der Waals surface area contributed by atoms with Gasteiger partial charge < -0.3 is 9.73 Å². The first-order valence-corrected chi connectivity index (χ1v) is 7.63. The maximum Gasteiger partial charge on any atom is 0.195 e. The Morgan fingerprint density at radius 3 is 3.24 bits per heavy atom. The maximum absolute atomic E-state index is 5.55. The van der Waals surface area contributed by atoms with Crippen LogP contribution in [0.15, 0.2) is 10.7 Å². The normalized spacial score (nSPS) is 20.6. The average Bonchev–Trinajstić information content (AvgIpc) is 2.79. The molecule has 2 heterocycles. The molecule has 96 valence electrons. The quantitative estimate of drug-likeness (QED) is 0.792. The molecule has 0 aliphatic carbocycles. The van der Waals surface area contributed by atoms with Crippen LogP contribution < -0.4 is 5.32 Å². The van der Waals surface area contributed by atoms with Gasteiger partial charge in [0.1, 0.15) is 6.26 Å². The molecular formula is C13H22N2OS. The molecule has 1 aliphatic rings. The van der Waals surface area contributed by atoms with E-state index in [9.17, 15) is 0 Å². The van der Waals surface area contributed by atoms with Gasteiger partial charge in [-0.15, -0.1) is 0 Å². The van der Waals surface area contributed by atoms with Crippen molar-refractivity contribution in [2.45, 2.75) is 43.8 Å². The lowest BCUT2D eigenvalue weighted by Crippen LogP contribution is -2.12. The number of thioether (sulfide) groups is 1. The molecule has 1 saturated heterocycles. The molecule has 1 atom stereocenters. The summed E-state index contributed by atoms with van der Waals surface area (Å²) >= 11 is 2.08. The summed E-state index contributed by atoms with van der Waals surface area (Å²) in [6.07, 6.45) is 9.05. The zero-order valence-corrected chi connectivity index (χ0v) is 11.4. The number of hydrogen-bond acceptors (Lipinski definition) is 4. The van der Waals surface area contributed by atoms with E-state index >= 15 is 0 Å². The molecule has 2 rings (SSSR count). The van der Waals surface area contributed by atoms with Crippen LogP contribution in [0, 0.1) is 0 Å². The van der Waals surface area contributed by atoms with Gasteiger partial charge in [0.25, 0.3) is 0 Å². The van der Waals surface area contributed by atoms with Crippen LogP contribution in [0.5, 0.6) is 0 Å². The zero-order valence-electron chi connectivity index (χ0n) is 10.6. The van der Waals surface area contributed by atoms with E-state index in [2.05, 4.69) is 22.1 Å². The predicted molar refractivity (Wildman–Crippen MR) is 72.6 cm³/mol. The van der Waals surface area contributed by atoms with Gasteiger partial charge in [0.15, 0.2) is 5.89 Å². The third-order valence-electron chi connectivity index (χ3n) is 3.14. The molecule has 1 aromatic heterocycles. The van der Waals surface area contributed by atoms with Gasteiger partial charge in [0, 0.05) is 11.7 Å². The number of nitrogens with zero attached hydrogens (tertiary/aromatic N) is 1. The van der Waals surface area contributed by atoms with E-state index in [0.29, 0.717) is 0 Å². The van der Waals surface area contributed by atoms with Gasteiger partial charge in [-0.2, -0.15) is 11.8 Å². The summed E-state index contributed by atoms with van der Waals surface area (Å²) in [5.74, 6) is 2.24. The second-order valence-electron chi connectivity index (χ2n) is 4.63. The van der Waals surface area contributed by atoms with Gasteiger partial charge in [-0.1, -0.05) is 6.42 Å². The van der Waals surface area contributed by atoms with E-state index in [4.69, 9.17) is 4.42 Å². The van der Waals surface area contributed by atoms with E-state index in [1.165, 1.54) is 25.0 Å². The zero-order chi connectivity index (χ0) is 11.9. The van der Waals surface area contributed by atoms with Gasteiger partial charge in [-0.25, -0.2) is 4.98 Å². The van der Waals surface area contributed by atoms with Crippen LogP contribution in [0.25, 0.3) is 0 Å². The number of rotatable bonds is 6. The Kier molecular flexibility index (Phi) is 5.39. The Bertz CT molecular complexity index is 321. The van der Waals surface area contributed by atoms with Crippen LogP contribution in [-0.2, 0) is 12.8 Å². The third kappa shape index (κ3) is 4.36. The fourth-order valence-corrected chi connectivity index (χ4v) is 3.46. The Morgan fingerprint density at radius 2 is 2.47 bits per heavy atom. The first-order chi connectivity index (χ1) is 8.38. The largest absolute Gasteiger partial charge is 0.449 e. The minimum absolute atomic E-state index is 0.729. The van der Waals surface area contributed by atoms with Crippen molar-refractivity contribution in [3.8, 4) is 0 Å². The van der Waals surface area contributed by atoms with Gasteiger partial charge in [0.05, 0.1) is 5.69 Å². The monoisotopic (exact) mass is 254 g/mol. The van der Waals surface area contributed by atoms with E-state index < -0.39 is 0 Å². The highest BCUT2D eigenvalue weighted by atomic mass is 32.2. The number of aromatic nitrogens is 1. The van der Waals surface area contributed by atoms with Crippen molar-refractivity contribution in [1.82, 2.24) is 10.3 Å². The van der Waals surface area contributed by atoms with E-state index in [-0.39, 0.29) is 0 Å². The predicted octanol–water partition coefficient (Wildman–Crippen LogP) is 2.65. The van der Waals surface area contributed by atoms with E-state index in [1.54, 1.807) is 0 Å². The molecule has 1 N–H and O–H groups in total. The molecule has 1 aliphatic heterocycles. The van der Waals surface area contributed by atoms with Crippen LogP contribution in [0.1, 0.15) is 37.3 Å². The molecule has 1 fully saturated rings. The van der Waals surface area contributed by atoms with Gasteiger partial charge in [0.2, 0.25) is 0 Å². The minimum atomic E-state index is 0.729. The van der Waals surface area contributed by atoms with Gasteiger partial charge in [-0.05, 0) is 45.0 Å². The number of oxazole rings is 1. The summed E-state index contributed by atoms with van der Waals surface area (Å²) < 4.78 is 5.55. The summed E-state index contributed by atoms with van der Waals surface area (Å²) in [6, 6.07) is 0. The lowest BCUT2D eigenvalue weighted by molar-refractivity contribution is 0.481. The lowest BCUT2D eigenvalue weighted by atomic mass is 10.1. The topological polar surface area (TPSA) is 38.1 Å². The van der Waals surface area contributed by atoms with Crippen molar-refractivity contribution in [2.24, 2.45) is 0 Å². The fraction of sp³-hybridized carbons (Fsp3) is 0.769. The highest BCUT2D eigenvalue weighted by molar-refractivity contribution is 7.99. The molecule has 17 heavy (non-hydrogen) atoms. The molecule has 0 amide bonds. The van der Waals surface area contributed by atoms with Crippen molar-refractivity contribution < 1.29 is 4.42 Å². The molecule has 0 bridgehead atoms. The number of aryl methyl sites for hydroxylation is 1. The Morgan fingerprint density at radius 1 is 1.53 bits per heavy atom. The highest BCUT2D eigenvalue weighted by Gasteiger charge is 2.17. The van der Waals surface area contributed by atoms with Crippen LogP contribution in [0.3, 0.4) is 0 Å².